The molecule has 2 N–H and O–H groups in total. The van der Waals surface area contributed by atoms with Crippen LogP contribution >= 0.6 is 0 Å². The van der Waals surface area contributed by atoms with Gasteiger partial charge in [-0.05, 0) is 61.9 Å². The van der Waals surface area contributed by atoms with Gasteiger partial charge in [-0.2, -0.15) is 0 Å². The van der Waals surface area contributed by atoms with Gasteiger partial charge < -0.3 is 10.3 Å². The van der Waals surface area contributed by atoms with Gasteiger partial charge in [0, 0.05) is 6.54 Å². The lowest BCUT2D eigenvalue weighted by Crippen LogP contribution is -2.16. The molecule has 0 radical (unpaired) electrons. The second kappa shape index (κ2) is 7.18. The fourth-order valence-corrected chi connectivity index (χ4v) is 3.19. The number of nitrogens with zero attached hydrogens (tertiary/aromatic N) is 2. The summed E-state index contributed by atoms with van der Waals surface area (Å²) in [6.45, 7) is 7.38. The molecule has 0 amide bonds. The summed E-state index contributed by atoms with van der Waals surface area (Å²) in [4.78, 5) is 4.85. The first-order valence-corrected chi connectivity index (χ1v) is 8.87. The summed E-state index contributed by atoms with van der Waals surface area (Å²) in [6, 6.07) is 15.1. The lowest BCUT2D eigenvalue weighted by molar-refractivity contribution is 0.564. The number of rotatable bonds is 6. The zero-order chi connectivity index (χ0) is 17.1. The maximum atomic E-state index is 6.33. The second-order valence-corrected chi connectivity index (χ2v) is 6.65. The van der Waals surface area contributed by atoms with Crippen LogP contribution in [0.4, 0.5) is 0 Å². The van der Waals surface area contributed by atoms with Crippen molar-refractivity contribution in [2.75, 3.05) is 0 Å². The molecule has 2 aromatic carbocycles. The number of hydrogen-bond acceptors (Lipinski definition) is 2. The highest BCUT2D eigenvalue weighted by Gasteiger charge is 2.16. The van der Waals surface area contributed by atoms with Gasteiger partial charge in [0.2, 0.25) is 0 Å². The van der Waals surface area contributed by atoms with Gasteiger partial charge in [-0.25, -0.2) is 4.98 Å². The maximum absolute atomic E-state index is 6.33. The highest BCUT2D eigenvalue weighted by atomic mass is 15.1. The lowest BCUT2D eigenvalue weighted by Gasteiger charge is -2.13. The molecule has 1 aromatic heterocycles. The van der Waals surface area contributed by atoms with E-state index in [2.05, 4.69) is 67.8 Å². The second-order valence-electron chi connectivity index (χ2n) is 6.65. The molecule has 3 aromatic rings. The van der Waals surface area contributed by atoms with Crippen LogP contribution in [0.1, 0.15) is 48.3 Å². The minimum atomic E-state index is -0.00487. The molecular formula is C21H27N3. The molecule has 126 valence electrons. The monoisotopic (exact) mass is 321 g/mol. The van der Waals surface area contributed by atoms with Crippen LogP contribution in [0.3, 0.4) is 0 Å². The van der Waals surface area contributed by atoms with Crippen molar-refractivity contribution in [1.29, 1.82) is 0 Å². The van der Waals surface area contributed by atoms with Crippen molar-refractivity contribution in [3.8, 4) is 0 Å². The molecule has 0 aliphatic carbocycles. The molecule has 1 heterocycles. The van der Waals surface area contributed by atoms with Gasteiger partial charge >= 0.3 is 0 Å². The van der Waals surface area contributed by atoms with Gasteiger partial charge in [-0.15, -0.1) is 0 Å². The van der Waals surface area contributed by atoms with Crippen LogP contribution < -0.4 is 5.73 Å². The Labute approximate surface area is 144 Å². The van der Waals surface area contributed by atoms with Crippen LogP contribution in [0, 0.1) is 13.8 Å². The van der Waals surface area contributed by atoms with E-state index >= 15 is 0 Å². The Hall–Kier alpha value is -2.13. The minimum Gasteiger partial charge on any atom is -0.327 e. The zero-order valence-electron chi connectivity index (χ0n) is 14.9. The normalized spacial score (nSPS) is 12.7. The average Bonchev–Trinajstić information content (AvgIpc) is 2.93. The van der Waals surface area contributed by atoms with E-state index in [0.717, 1.165) is 37.1 Å². The van der Waals surface area contributed by atoms with E-state index in [0.29, 0.717) is 0 Å². The highest BCUT2D eigenvalue weighted by molar-refractivity contribution is 5.78. The summed E-state index contributed by atoms with van der Waals surface area (Å²) in [5.41, 5.74) is 12.6. The Morgan fingerprint density at radius 2 is 1.79 bits per heavy atom. The fourth-order valence-electron chi connectivity index (χ4n) is 3.19. The Morgan fingerprint density at radius 1 is 1.08 bits per heavy atom. The number of aryl methyl sites for hydroxylation is 4. The lowest BCUT2D eigenvalue weighted by atomic mass is 10.1. The van der Waals surface area contributed by atoms with Gasteiger partial charge in [0.15, 0.2) is 0 Å². The van der Waals surface area contributed by atoms with Crippen LogP contribution in [-0.2, 0) is 13.0 Å². The van der Waals surface area contributed by atoms with Gasteiger partial charge in [-0.3, -0.25) is 0 Å². The molecule has 1 atom stereocenters. The average molecular weight is 321 g/mol. The summed E-state index contributed by atoms with van der Waals surface area (Å²) in [7, 11) is 0. The third kappa shape index (κ3) is 3.36. The van der Waals surface area contributed by atoms with Crippen molar-refractivity contribution in [2.45, 2.75) is 52.6 Å². The maximum Gasteiger partial charge on any atom is 0.126 e. The number of fused-ring (bicyclic) bond motifs is 1. The van der Waals surface area contributed by atoms with Crippen molar-refractivity contribution in [1.82, 2.24) is 9.55 Å². The first-order valence-electron chi connectivity index (χ1n) is 8.87. The molecule has 24 heavy (non-hydrogen) atoms. The first-order chi connectivity index (χ1) is 11.6. The largest absolute Gasteiger partial charge is 0.327 e. The Kier molecular flexibility index (Phi) is 5.00. The van der Waals surface area contributed by atoms with Crippen molar-refractivity contribution in [3.05, 3.63) is 65.0 Å². The Bertz CT molecular complexity index is 818. The molecule has 0 spiro atoms. The van der Waals surface area contributed by atoms with E-state index in [1.54, 1.807) is 0 Å². The topological polar surface area (TPSA) is 43.8 Å². The third-order valence-electron chi connectivity index (χ3n) is 4.85. The molecule has 0 aliphatic rings. The van der Waals surface area contributed by atoms with E-state index in [-0.39, 0.29) is 6.04 Å². The number of aromatic nitrogens is 2. The fraction of sp³-hybridized carbons (Fsp3) is 0.381. The summed E-state index contributed by atoms with van der Waals surface area (Å²) < 4.78 is 2.33. The van der Waals surface area contributed by atoms with Crippen molar-refractivity contribution in [2.24, 2.45) is 5.73 Å². The summed E-state index contributed by atoms with van der Waals surface area (Å²) >= 11 is 0. The van der Waals surface area contributed by atoms with Gasteiger partial charge in [0.05, 0.1) is 17.1 Å². The smallest absolute Gasteiger partial charge is 0.126 e. The van der Waals surface area contributed by atoms with Gasteiger partial charge in [0.25, 0.3) is 0 Å². The summed E-state index contributed by atoms with van der Waals surface area (Å²) in [5, 5.41) is 0. The van der Waals surface area contributed by atoms with Crippen molar-refractivity contribution < 1.29 is 0 Å². The number of hydrogen-bond donors (Lipinski definition) is 1. The first kappa shape index (κ1) is 16.7. The van der Waals surface area contributed by atoms with E-state index in [9.17, 15) is 0 Å². The van der Waals surface area contributed by atoms with E-state index in [1.165, 1.54) is 22.2 Å². The van der Waals surface area contributed by atoms with E-state index in [1.807, 2.05) is 0 Å². The molecule has 3 heteroatoms. The molecule has 0 saturated carbocycles. The summed E-state index contributed by atoms with van der Waals surface area (Å²) in [5.74, 6) is 1.02. The standard InChI is InChI=1S/C21H27N3/c1-4-18(22)21-23-19-13-15(2)16(3)14-20(19)24(21)12-8-11-17-9-6-5-7-10-17/h5-7,9-10,13-14,18H,4,8,11-12,22H2,1-3H3. The molecule has 0 saturated heterocycles. The number of nitrogens with two attached hydrogens (primary N) is 1. The molecular weight excluding hydrogens is 294 g/mol. The predicted octanol–water partition coefficient (Wildman–Crippen LogP) is 4.70. The molecule has 0 bridgehead atoms. The van der Waals surface area contributed by atoms with Gasteiger partial charge in [-0.1, -0.05) is 37.3 Å². The Balaban J connectivity index is 1.90. The molecule has 3 rings (SSSR count). The predicted molar refractivity (Wildman–Crippen MR) is 101 cm³/mol. The van der Waals surface area contributed by atoms with Crippen LogP contribution in [-0.4, -0.2) is 9.55 Å². The van der Waals surface area contributed by atoms with Crippen molar-refractivity contribution in [3.63, 3.8) is 0 Å². The molecule has 1 unspecified atom stereocenters. The number of imidazole rings is 1. The number of benzene rings is 2. The zero-order valence-corrected chi connectivity index (χ0v) is 14.9. The van der Waals surface area contributed by atoms with Crippen LogP contribution in [0.25, 0.3) is 11.0 Å². The van der Waals surface area contributed by atoms with Crippen LogP contribution in [0.5, 0.6) is 0 Å². The van der Waals surface area contributed by atoms with E-state index < -0.39 is 0 Å². The molecule has 0 fully saturated rings. The Morgan fingerprint density at radius 3 is 2.50 bits per heavy atom. The molecule has 3 nitrogen and oxygen atoms in total. The third-order valence-corrected chi connectivity index (χ3v) is 4.85. The van der Waals surface area contributed by atoms with Gasteiger partial charge in [0.1, 0.15) is 5.82 Å². The quantitative estimate of drug-likeness (QED) is 0.715. The summed E-state index contributed by atoms with van der Waals surface area (Å²) in [6.07, 6.45) is 3.07. The minimum absolute atomic E-state index is 0.00487. The highest BCUT2D eigenvalue weighted by Crippen LogP contribution is 2.25. The van der Waals surface area contributed by atoms with Crippen LogP contribution in [0.2, 0.25) is 0 Å². The molecule has 0 aliphatic heterocycles. The SMILES string of the molecule is CCC(N)c1nc2cc(C)c(C)cc2n1CCCc1ccccc1. The van der Waals surface area contributed by atoms with Crippen molar-refractivity contribution >= 4 is 11.0 Å². The van der Waals surface area contributed by atoms with Crippen LogP contribution in [0.15, 0.2) is 42.5 Å². The van der Waals surface area contributed by atoms with E-state index in [4.69, 9.17) is 10.7 Å².